The van der Waals surface area contributed by atoms with Gasteiger partial charge in [0, 0.05) is 38.4 Å². The zero-order chi connectivity index (χ0) is 13.7. The number of nitrogens with zero attached hydrogens (tertiary/aromatic N) is 2. The molecule has 0 atom stereocenters. The molecule has 1 fully saturated rings. The molecule has 1 aliphatic rings. The third kappa shape index (κ3) is 4.77. The van der Waals surface area contributed by atoms with E-state index in [-0.39, 0.29) is 5.75 Å². The van der Waals surface area contributed by atoms with E-state index in [1.807, 2.05) is 13.0 Å². The molecule has 1 aliphatic heterocycles. The normalized spacial score (nSPS) is 17.3. The highest BCUT2D eigenvalue weighted by atomic mass is 32.2. The molecule has 0 amide bonds. The quantitative estimate of drug-likeness (QED) is 0.798. The second kappa shape index (κ2) is 6.31. The molecule has 2 N–H and O–H groups in total. The SMILES string of the molecule is Cc1cccc(NS(=O)(=O)CCN2CCNCC2)n1. The van der Waals surface area contributed by atoms with Gasteiger partial charge in [-0.2, -0.15) is 0 Å². The maximum absolute atomic E-state index is 12.0. The van der Waals surface area contributed by atoms with E-state index in [9.17, 15) is 8.42 Å². The van der Waals surface area contributed by atoms with E-state index >= 15 is 0 Å². The Hall–Kier alpha value is -1.18. The number of aryl methyl sites for hydroxylation is 1. The van der Waals surface area contributed by atoms with Gasteiger partial charge < -0.3 is 5.32 Å². The van der Waals surface area contributed by atoms with Crippen LogP contribution >= 0.6 is 0 Å². The molecule has 7 heteroatoms. The molecule has 0 saturated carbocycles. The lowest BCUT2D eigenvalue weighted by atomic mass is 10.4. The highest BCUT2D eigenvalue weighted by molar-refractivity contribution is 7.92. The minimum atomic E-state index is -3.33. The second-order valence-electron chi connectivity index (χ2n) is 4.68. The van der Waals surface area contributed by atoms with Crippen molar-refractivity contribution in [3.05, 3.63) is 23.9 Å². The molecule has 2 rings (SSSR count). The summed E-state index contributed by atoms with van der Waals surface area (Å²) in [6.07, 6.45) is 0. The van der Waals surface area contributed by atoms with Crippen molar-refractivity contribution in [2.24, 2.45) is 0 Å². The number of rotatable bonds is 5. The molecule has 1 aromatic rings. The lowest BCUT2D eigenvalue weighted by Gasteiger charge is -2.26. The highest BCUT2D eigenvalue weighted by Crippen LogP contribution is 2.07. The first-order chi connectivity index (χ1) is 9.05. The molecule has 106 valence electrons. The van der Waals surface area contributed by atoms with Crippen molar-refractivity contribution in [3.63, 3.8) is 0 Å². The monoisotopic (exact) mass is 284 g/mol. The lowest BCUT2D eigenvalue weighted by Crippen LogP contribution is -2.45. The number of piperazine rings is 1. The van der Waals surface area contributed by atoms with E-state index in [4.69, 9.17) is 0 Å². The van der Waals surface area contributed by atoms with E-state index in [1.165, 1.54) is 0 Å². The van der Waals surface area contributed by atoms with Gasteiger partial charge in [-0.1, -0.05) is 6.07 Å². The molecule has 0 unspecified atom stereocenters. The first kappa shape index (κ1) is 14.2. The summed E-state index contributed by atoms with van der Waals surface area (Å²) >= 11 is 0. The largest absolute Gasteiger partial charge is 0.314 e. The Morgan fingerprint density at radius 3 is 2.79 bits per heavy atom. The van der Waals surface area contributed by atoms with E-state index in [2.05, 4.69) is 19.9 Å². The number of aromatic nitrogens is 1. The maximum Gasteiger partial charge on any atom is 0.235 e. The molecule has 0 aromatic carbocycles. The molecular formula is C12H20N4O2S. The summed E-state index contributed by atoms with van der Waals surface area (Å²) in [7, 11) is -3.33. The summed E-state index contributed by atoms with van der Waals surface area (Å²) in [5.74, 6) is 0.489. The van der Waals surface area contributed by atoms with Crippen molar-refractivity contribution in [2.75, 3.05) is 43.2 Å². The van der Waals surface area contributed by atoms with Crippen LogP contribution in [0.4, 0.5) is 5.82 Å². The van der Waals surface area contributed by atoms with Gasteiger partial charge in [-0.05, 0) is 19.1 Å². The third-order valence-corrected chi connectivity index (χ3v) is 4.27. The average molecular weight is 284 g/mol. The Morgan fingerprint density at radius 1 is 1.37 bits per heavy atom. The molecule has 0 bridgehead atoms. The van der Waals surface area contributed by atoms with Crippen molar-refractivity contribution in [3.8, 4) is 0 Å². The summed E-state index contributed by atoms with van der Waals surface area (Å²) in [6, 6.07) is 5.28. The lowest BCUT2D eigenvalue weighted by molar-refractivity contribution is 0.254. The second-order valence-corrected chi connectivity index (χ2v) is 6.52. The van der Waals surface area contributed by atoms with E-state index in [0.717, 1.165) is 31.9 Å². The zero-order valence-corrected chi connectivity index (χ0v) is 11.9. The van der Waals surface area contributed by atoms with Crippen LogP contribution < -0.4 is 10.0 Å². The minimum absolute atomic E-state index is 0.0998. The number of nitrogens with one attached hydrogen (secondary N) is 2. The van der Waals surface area contributed by atoms with Gasteiger partial charge in [-0.3, -0.25) is 9.62 Å². The van der Waals surface area contributed by atoms with Gasteiger partial charge in [0.1, 0.15) is 5.82 Å². The fourth-order valence-electron chi connectivity index (χ4n) is 1.99. The van der Waals surface area contributed by atoms with Crippen molar-refractivity contribution in [1.29, 1.82) is 0 Å². The van der Waals surface area contributed by atoms with Crippen LogP contribution in [0.15, 0.2) is 18.2 Å². The fraction of sp³-hybridized carbons (Fsp3) is 0.583. The van der Waals surface area contributed by atoms with Gasteiger partial charge in [-0.25, -0.2) is 13.4 Å². The number of hydrogen-bond donors (Lipinski definition) is 2. The number of sulfonamides is 1. The average Bonchev–Trinajstić information content (AvgIpc) is 2.37. The van der Waals surface area contributed by atoms with Crippen LogP contribution in [0.5, 0.6) is 0 Å². The standard InChI is InChI=1S/C12H20N4O2S/c1-11-3-2-4-12(14-11)15-19(17,18)10-9-16-7-5-13-6-8-16/h2-4,13H,5-10H2,1H3,(H,14,15). The molecule has 6 nitrogen and oxygen atoms in total. The third-order valence-electron chi connectivity index (χ3n) is 3.03. The summed E-state index contributed by atoms with van der Waals surface area (Å²) in [6.45, 7) is 6.04. The Morgan fingerprint density at radius 2 is 2.11 bits per heavy atom. The van der Waals surface area contributed by atoms with Crippen LogP contribution in [0.2, 0.25) is 0 Å². The van der Waals surface area contributed by atoms with Crippen molar-refractivity contribution in [1.82, 2.24) is 15.2 Å². The van der Waals surface area contributed by atoms with Gasteiger partial charge >= 0.3 is 0 Å². The molecule has 0 spiro atoms. The van der Waals surface area contributed by atoms with Gasteiger partial charge in [0.2, 0.25) is 10.0 Å². The van der Waals surface area contributed by atoms with Gasteiger partial charge in [0.25, 0.3) is 0 Å². The molecular weight excluding hydrogens is 264 g/mol. The number of pyridine rings is 1. The predicted octanol–water partition coefficient (Wildman–Crippen LogP) is 0.0369. The fourth-order valence-corrected chi connectivity index (χ4v) is 3.03. The first-order valence-electron chi connectivity index (χ1n) is 6.42. The molecule has 0 aliphatic carbocycles. The highest BCUT2D eigenvalue weighted by Gasteiger charge is 2.15. The maximum atomic E-state index is 12.0. The molecule has 19 heavy (non-hydrogen) atoms. The molecule has 0 radical (unpaired) electrons. The van der Waals surface area contributed by atoms with Crippen LogP contribution in [0.3, 0.4) is 0 Å². The van der Waals surface area contributed by atoms with Crippen LogP contribution in [0.25, 0.3) is 0 Å². The van der Waals surface area contributed by atoms with E-state index in [1.54, 1.807) is 12.1 Å². The van der Waals surface area contributed by atoms with Crippen molar-refractivity contribution in [2.45, 2.75) is 6.92 Å². The molecule has 1 saturated heterocycles. The summed E-state index contributed by atoms with van der Waals surface area (Å²) in [4.78, 5) is 6.29. The van der Waals surface area contributed by atoms with Gasteiger partial charge in [0.05, 0.1) is 5.75 Å². The van der Waals surface area contributed by atoms with Gasteiger partial charge in [-0.15, -0.1) is 0 Å². The summed E-state index contributed by atoms with van der Waals surface area (Å²) in [5.41, 5.74) is 0.794. The number of anilines is 1. The van der Waals surface area contributed by atoms with Crippen LogP contribution in [-0.2, 0) is 10.0 Å². The van der Waals surface area contributed by atoms with Crippen LogP contribution in [0.1, 0.15) is 5.69 Å². The molecule has 2 heterocycles. The molecule has 1 aromatic heterocycles. The summed E-state index contributed by atoms with van der Waals surface area (Å²) < 4.78 is 26.4. The van der Waals surface area contributed by atoms with E-state index < -0.39 is 10.0 Å². The minimum Gasteiger partial charge on any atom is -0.314 e. The number of hydrogen-bond acceptors (Lipinski definition) is 5. The Balaban J connectivity index is 1.87. The van der Waals surface area contributed by atoms with Crippen LogP contribution in [-0.4, -0.2) is 56.8 Å². The zero-order valence-electron chi connectivity index (χ0n) is 11.1. The van der Waals surface area contributed by atoms with Crippen LogP contribution in [0, 0.1) is 6.92 Å². The Labute approximate surface area is 114 Å². The van der Waals surface area contributed by atoms with Crippen molar-refractivity contribution < 1.29 is 8.42 Å². The van der Waals surface area contributed by atoms with Crippen molar-refractivity contribution >= 4 is 15.8 Å². The smallest absolute Gasteiger partial charge is 0.235 e. The Kier molecular flexibility index (Phi) is 4.73. The first-order valence-corrected chi connectivity index (χ1v) is 8.08. The predicted molar refractivity (Wildman–Crippen MR) is 75.7 cm³/mol. The topological polar surface area (TPSA) is 74.3 Å². The van der Waals surface area contributed by atoms with Gasteiger partial charge in [0.15, 0.2) is 0 Å². The summed E-state index contributed by atoms with van der Waals surface area (Å²) in [5, 5.41) is 3.24. The van der Waals surface area contributed by atoms with E-state index in [0.29, 0.717) is 12.4 Å². The Bertz CT molecular complexity index is 512.